The Bertz CT molecular complexity index is 466. The maximum absolute atomic E-state index is 6.06. The molecule has 0 aromatic carbocycles. The van der Waals surface area contributed by atoms with Crippen LogP contribution in [0, 0.1) is 0 Å². The molecule has 2 aliphatic rings. The molecule has 1 aliphatic heterocycles. The Labute approximate surface area is 124 Å². The van der Waals surface area contributed by atoms with Gasteiger partial charge in [-0.05, 0) is 19.4 Å². The van der Waals surface area contributed by atoms with Gasteiger partial charge in [-0.15, -0.1) is 0 Å². The monoisotopic (exact) mass is 296 g/mol. The van der Waals surface area contributed by atoms with E-state index in [1.807, 2.05) is 0 Å². The van der Waals surface area contributed by atoms with E-state index in [0.29, 0.717) is 11.1 Å². The Hall–Kier alpha value is -0.910. The molecular weight excluding hydrogens is 276 g/mol. The van der Waals surface area contributed by atoms with Gasteiger partial charge in [0.25, 0.3) is 0 Å². The predicted molar refractivity (Wildman–Crippen MR) is 79.4 cm³/mol. The van der Waals surface area contributed by atoms with Crippen molar-refractivity contribution in [2.24, 2.45) is 0 Å². The summed E-state index contributed by atoms with van der Waals surface area (Å²) in [6.07, 6.45) is 2.57. The Kier molecular flexibility index (Phi) is 4.38. The Morgan fingerprint density at radius 1 is 1.45 bits per heavy atom. The summed E-state index contributed by atoms with van der Waals surface area (Å²) in [4.78, 5) is 11.2. The number of halogens is 1. The first-order valence-electron chi connectivity index (χ1n) is 7.37. The quantitative estimate of drug-likeness (QED) is 0.844. The van der Waals surface area contributed by atoms with Crippen LogP contribution in [0.3, 0.4) is 0 Å². The molecule has 1 unspecified atom stereocenters. The molecule has 1 N–H and O–H groups in total. The number of rotatable bonds is 5. The van der Waals surface area contributed by atoms with E-state index in [-0.39, 0.29) is 6.10 Å². The molecular formula is C14H21ClN4O. The molecule has 0 bridgehead atoms. The Morgan fingerprint density at radius 3 is 3.05 bits per heavy atom. The summed E-state index contributed by atoms with van der Waals surface area (Å²) in [6.45, 7) is 6.81. The van der Waals surface area contributed by atoms with Crippen molar-refractivity contribution in [3.63, 3.8) is 0 Å². The average molecular weight is 297 g/mol. The van der Waals surface area contributed by atoms with Crippen molar-refractivity contribution in [1.29, 1.82) is 0 Å². The van der Waals surface area contributed by atoms with Gasteiger partial charge in [0.15, 0.2) is 0 Å². The average Bonchev–Trinajstić information content (AvgIpc) is 3.29. The van der Waals surface area contributed by atoms with E-state index in [1.54, 1.807) is 6.07 Å². The fourth-order valence-electron chi connectivity index (χ4n) is 2.46. The molecule has 1 aromatic rings. The number of likely N-dealkylation sites (N-methyl/N-ethyl adjacent to an activating group) is 1. The standard InChI is InChI=1S/C14H21ClN4O/c1-2-19-5-6-20-11(9-19)8-16-13-7-12(15)17-14(18-13)10-3-4-10/h7,10-11H,2-6,8-9H2,1H3,(H,16,17,18). The molecule has 1 aliphatic carbocycles. The third-order valence-electron chi connectivity index (χ3n) is 3.84. The highest BCUT2D eigenvalue weighted by Gasteiger charge is 2.27. The summed E-state index contributed by atoms with van der Waals surface area (Å²) >= 11 is 6.06. The third-order valence-corrected chi connectivity index (χ3v) is 4.03. The van der Waals surface area contributed by atoms with Crippen LogP contribution in [0.4, 0.5) is 5.82 Å². The summed E-state index contributed by atoms with van der Waals surface area (Å²) in [5, 5.41) is 3.85. The SMILES string of the molecule is CCN1CCOC(CNc2cc(Cl)nc(C3CC3)n2)C1. The summed E-state index contributed by atoms with van der Waals surface area (Å²) in [5.74, 6) is 2.19. The van der Waals surface area contributed by atoms with E-state index < -0.39 is 0 Å². The van der Waals surface area contributed by atoms with Crippen LogP contribution >= 0.6 is 11.6 Å². The van der Waals surface area contributed by atoms with E-state index in [2.05, 4.69) is 27.1 Å². The highest BCUT2D eigenvalue weighted by atomic mass is 35.5. The van der Waals surface area contributed by atoms with E-state index in [9.17, 15) is 0 Å². The molecule has 0 radical (unpaired) electrons. The second-order valence-corrected chi connectivity index (χ2v) is 5.86. The number of hydrogen-bond donors (Lipinski definition) is 1. The minimum atomic E-state index is 0.210. The Morgan fingerprint density at radius 2 is 2.30 bits per heavy atom. The lowest BCUT2D eigenvalue weighted by Crippen LogP contribution is -2.45. The van der Waals surface area contributed by atoms with Crippen LogP contribution < -0.4 is 5.32 Å². The van der Waals surface area contributed by atoms with E-state index in [0.717, 1.165) is 44.4 Å². The number of hydrogen-bond acceptors (Lipinski definition) is 5. The second kappa shape index (κ2) is 6.24. The summed E-state index contributed by atoms with van der Waals surface area (Å²) < 4.78 is 5.77. The molecule has 110 valence electrons. The van der Waals surface area contributed by atoms with Crippen molar-refractivity contribution < 1.29 is 4.74 Å². The van der Waals surface area contributed by atoms with Crippen molar-refractivity contribution >= 4 is 17.4 Å². The van der Waals surface area contributed by atoms with Gasteiger partial charge in [-0.3, -0.25) is 4.90 Å². The third kappa shape index (κ3) is 3.59. The first kappa shape index (κ1) is 14.0. The van der Waals surface area contributed by atoms with Gasteiger partial charge < -0.3 is 10.1 Å². The zero-order valence-corrected chi connectivity index (χ0v) is 12.6. The van der Waals surface area contributed by atoms with Crippen molar-refractivity contribution in [1.82, 2.24) is 14.9 Å². The molecule has 1 saturated carbocycles. The molecule has 2 heterocycles. The van der Waals surface area contributed by atoms with Crippen LogP contribution in [0.1, 0.15) is 31.5 Å². The highest BCUT2D eigenvalue weighted by Crippen LogP contribution is 2.38. The number of anilines is 1. The first-order valence-corrected chi connectivity index (χ1v) is 7.74. The van der Waals surface area contributed by atoms with Crippen molar-refractivity contribution in [2.45, 2.75) is 31.8 Å². The van der Waals surface area contributed by atoms with Crippen molar-refractivity contribution in [3.8, 4) is 0 Å². The Balaban J connectivity index is 1.57. The first-order chi connectivity index (χ1) is 9.74. The molecule has 3 rings (SSSR count). The van der Waals surface area contributed by atoms with Crippen LogP contribution in [-0.4, -0.2) is 53.8 Å². The fraction of sp³-hybridized carbons (Fsp3) is 0.714. The van der Waals surface area contributed by atoms with Crippen molar-refractivity contribution in [2.75, 3.05) is 38.1 Å². The lowest BCUT2D eigenvalue weighted by Gasteiger charge is -2.32. The maximum atomic E-state index is 6.06. The van der Waals surface area contributed by atoms with Gasteiger partial charge in [0, 0.05) is 31.6 Å². The lowest BCUT2D eigenvalue weighted by atomic mass is 10.2. The zero-order chi connectivity index (χ0) is 13.9. The molecule has 6 heteroatoms. The second-order valence-electron chi connectivity index (χ2n) is 5.48. The van der Waals surface area contributed by atoms with Crippen LogP contribution in [0.15, 0.2) is 6.07 Å². The van der Waals surface area contributed by atoms with Gasteiger partial charge in [0.05, 0.1) is 12.7 Å². The van der Waals surface area contributed by atoms with Gasteiger partial charge >= 0.3 is 0 Å². The van der Waals surface area contributed by atoms with E-state index in [1.165, 1.54) is 12.8 Å². The molecule has 1 atom stereocenters. The zero-order valence-electron chi connectivity index (χ0n) is 11.8. The molecule has 1 aromatic heterocycles. The van der Waals surface area contributed by atoms with Gasteiger partial charge in [-0.25, -0.2) is 9.97 Å². The van der Waals surface area contributed by atoms with Gasteiger partial charge in [-0.1, -0.05) is 18.5 Å². The molecule has 1 saturated heterocycles. The molecule has 0 amide bonds. The minimum Gasteiger partial charge on any atom is -0.374 e. The molecule has 0 spiro atoms. The largest absolute Gasteiger partial charge is 0.374 e. The van der Waals surface area contributed by atoms with Crippen LogP contribution in [0.25, 0.3) is 0 Å². The van der Waals surface area contributed by atoms with Crippen LogP contribution in [0.2, 0.25) is 5.15 Å². The van der Waals surface area contributed by atoms with E-state index in [4.69, 9.17) is 16.3 Å². The normalized spacial score (nSPS) is 23.8. The lowest BCUT2D eigenvalue weighted by molar-refractivity contribution is -0.0192. The topological polar surface area (TPSA) is 50.3 Å². The van der Waals surface area contributed by atoms with E-state index >= 15 is 0 Å². The highest BCUT2D eigenvalue weighted by molar-refractivity contribution is 6.29. The minimum absolute atomic E-state index is 0.210. The molecule has 2 fully saturated rings. The van der Waals surface area contributed by atoms with Gasteiger partial charge in [0.1, 0.15) is 16.8 Å². The van der Waals surface area contributed by atoms with Crippen LogP contribution in [0.5, 0.6) is 0 Å². The molecule has 20 heavy (non-hydrogen) atoms. The number of aromatic nitrogens is 2. The summed E-state index contributed by atoms with van der Waals surface area (Å²) in [7, 11) is 0. The number of nitrogens with zero attached hydrogens (tertiary/aromatic N) is 3. The molecule has 5 nitrogen and oxygen atoms in total. The van der Waals surface area contributed by atoms with Crippen molar-refractivity contribution in [3.05, 3.63) is 17.0 Å². The smallest absolute Gasteiger partial charge is 0.135 e. The summed E-state index contributed by atoms with van der Waals surface area (Å²) in [5.41, 5.74) is 0. The van der Waals surface area contributed by atoms with Gasteiger partial charge in [-0.2, -0.15) is 0 Å². The number of morpholine rings is 1. The fourth-order valence-corrected chi connectivity index (χ4v) is 2.65. The predicted octanol–water partition coefficient (Wildman–Crippen LogP) is 2.14. The number of ether oxygens (including phenoxy) is 1. The maximum Gasteiger partial charge on any atom is 0.135 e. The number of nitrogens with one attached hydrogen (secondary N) is 1. The van der Waals surface area contributed by atoms with Gasteiger partial charge in [0.2, 0.25) is 0 Å². The summed E-state index contributed by atoms with van der Waals surface area (Å²) in [6, 6.07) is 1.79. The van der Waals surface area contributed by atoms with Crippen LogP contribution in [-0.2, 0) is 4.74 Å².